The van der Waals surface area contributed by atoms with E-state index >= 15 is 0 Å². The summed E-state index contributed by atoms with van der Waals surface area (Å²) in [6.45, 7) is 2.26. The minimum atomic E-state index is -3.75. The molecule has 2 aliphatic rings. The van der Waals surface area contributed by atoms with E-state index in [1.165, 1.54) is 12.1 Å². The van der Waals surface area contributed by atoms with Crippen molar-refractivity contribution in [3.8, 4) is 0 Å². The Kier molecular flexibility index (Phi) is 4.07. The molecule has 0 aliphatic carbocycles. The van der Waals surface area contributed by atoms with Crippen LogP contribution in [0, 0.1) is 6.92 Å². The van der Waals surface area contributed by atoms with Crippen molar-refractivity contribution < 1.29 is 17.9 Å². The van der Waals surface area contributed by atoms with Gasteiger partial charge in [-0.3, -0.25) is 0 Å². The number of hydrogen-bond acceptors (Lipinski definition) is 5. The van der Waals surface area contributed by atoms with Crippen LogP contribution < -0.4 is 4.72 Å². The Morgan fingerprint density at radius 1 is 1.36 bits per heavy atom. The SMILES string of the molecule is Cc1ccc(S(=O)(=O)N[C@@H]2[C@@H]3OC[C@H](C[C@H]2N=[N+]=[N-])O3)cc1. The summed E-state index contributed by atoms with van der Waals surface area (Å²) < 4.78 is 38.5. The van der Waals surface area contributed by atoms with Gasteiger partial charge in [0.25, 0.3) is 0 Å². The molecule has 1 aromatic carbocycles. The molecule has 2 heterocycles. The van der Waals surface area contributed by atoms with E-state index in [4.69, 9.17) is 15.0 Å². The smallest absolute Gasteiger partial charge is 0.241 e. The lowest BCUT2D eigenvalue weighted by molar-refractivity contribution is -0.103. The van der Waals surface area contributed by atoms with Gasteiger partial charge in [-0.05, 0) is 31.0 Å². The minimum absolute atomic E-state index is 0.151. The summed E-state index contributed by atoms with van der Waals surface area (Å²) in [5.74, 6) is 0. The standard InChI is InChI=1S/C13H16N4O4S/c1-8-2-4-10(5-3-8)22(18,19)16-12-11(15-17-14)6-9-7-20-13(12)21-9/h2-5,9,11-13,16H,6-7H2,1H3/t9-,11+,12-,13+/m0/s1. The van der Waals surface area contributed by atoms with E-state index in [9.17, 15) is 8.42 Å². The molecule has 0 saturated carbocycles. The Bertz CT molecular complexity index is 699. The van der Waals surface area contributed by atoms with E-state index in [0.29, 0.717) is 13.0 Å². The lowest BCUT2D eigenvalue weighted by atomic mass is 10.0. The van der Waals surface area contributed by atoms with E-state index in [1.54, 1.807) is 12.1 Å². The molecule has 4 atom stereocenters. The first-order chi connectivity index (χ1) is 10.5. The summed E-state index contributed by atoms with van der Waals surface area (Å²) in [6, 6.07) is 5.24. The fraction of sp³-hybridized carbons (Fsp3) is 0.538. The second-order valence-electron chi connectivity index (χ2n) is 5.43. The number of nitrogens with zero attached hydrogens (tertiary/aromatic N) is 3. The van der Waals surface area contributed by atoms with Crippen molar-refractivity contribution >= 4 is 10.0 Å². The number of nitrogens with one attached hydrogen (secondary N) is 1. The van der Waals surface area contributed by atoms with Crippen LogP contribution in [-0.4, -0.2) is 39.5 Å². The van der Waals surface area contributed by atoms with Crippen molar-refractivity contribution in [3.63, 3.8) is 0 Å². The summed E-state index contributed by atoms with van der Waals surface area (Å²) in [5, 5.41) is 3.69. The highest BCUT2D eigenvalue weighted by atomic mass is 32.2. The molecule has 0 radical (unpaired) electrons. The largest absolute Gasteiger partial charge is 0.348 e. The number of rotatable bonds is 4. The third-order valence-corrected chi connectivity index (χ3v) is 5.28. The Morgan fingerprint density at radius 2 is 2.09 bits per heavy atom. The van der Waals surface area contributed by atoms with Crippen LogP contribution in [0.3, 0.4) is 0 Å². The fourth-order valence-corrected chi connectivity index (χ4v) is 3.92. The summed E-state index contributed by atoms with van der Waals surface area (Å²) in [7, 11) is -3.75. The van der Waals surface area contributed by atoms with Crippen LogP contribution in [0.15, 0.2) is 34.3 Å². The van der Waals surface area contributed by atoms with Crippen LogP contribution in [0.25, 0.3) is 10.4 Å². The molecular formula is C13H16N4O4S. The van der Waals surface area contributed by atoms with E-state index in [2.05, 4.69) is 14.7 Å². The first-order valence-electron chi connectivity index (χ1n) is 6.90. The maximum atomic E-state index is 12.5. The zero-order chi connectivity index (χ0) is 15.7. The molecule has 0 unspecified atom stereocenters. The average molecular weight is 324 g/mol. The van der Waals surface area contributed by atoms with Crippen LogP contribution >= 0.6 is 0 Å². The number of hydrogen-bond donors (Lipinski definition) is 1. The zero-order valence-electron chi connectivity index (χ0n) is 11.9. The van der Waals surface area contributed by atoms with Crippen LogP contribution in [-0.2, 0) is 19.5 Å². The molecule has 2 fully saturated rings. The van der Waals surface area contributed by atoms with Gasteiger partial charge in [-0.15, -0.1) is 0 Å². The highest BCUT2D eigenvalue weighted by Gasteiger charge is 2.45. The molecule has 1 N–H and O–H groups in total. The van der Waals surface area contributed by atoms with E-state index < -0.39 is 28.4 Å². The lowest BCUT2D eigenvalue weighted by Crippen LogP contribution is -2.53. The molecule has 0 amide bonds. The van der Waals surface area contributed by atoms with Gasteiger partial charge in [-0.25, -0.2) is 13.1 Å². The predicted octanol–water partition coefficient (Wildman–Crippen LogP) is 1.47. The molecule has 2 bridgehead atoms. The molecule has 8 nitrogen and oxygen atoms in total. The van der Waals surface area contributed by atoms with Gasteiger partial charge in [0.15, 0.2) is 6.29 Å². The molecule has 2 saturated heterocycles. The van der Waals surface area contributed by atoms with E-state index in [0.717, 1.165) is 5.56 Å². The van der Waals surface area contributed by atoms with E-state index in [1.807, 2.05) is 6.92 Å². The second kappa shape index (κ2) is 5.86. The molecule has 3 rings (SSSR count). The van der Waals surface area contributed by atoms with Gasteiger partial charge in [-0.1, -0.05) is 22.8 Å². The maximum Gasteiger partial charge on any atom is 0.241 e. The topological polar surface area (TPSA) is 113 Å². The summed E-state index contributed by atoms with van der Waals surface area (Å²) >= 11 is 0. The van der Waals surface area contributed by atoms with Gasteiger partial charge in [0, 0.05) is 4.91 Å². The zero-order valence-corrected chi connectivity index (χ0v) is 12.7. The number of benzene rings is 1. The number of sulfonamides is 1. The van der Waals surface area contributed by atoms with Crippen LogP contribution in [0.1, 0.15) is 12.0 Å². The Hall–Kier alpha value is -1.64. The van der Waals surface area contributed by atoms with Gasteiger partial charge >= 0.3 is 0 Å². The Labute approximate surface area is 128 Å². The van der Waals surface area contributed by atoms with Crippen LogP contribution in [0.5, 0.6) is 0 Å². The fourth-order valence-electron chi connectivity index (χ4n) is 2.66. The monoisotopic (exact) mass is 324 g/mol. The average Bonchev–Trinajstić information content (AvgIpc) is 2.87. The van der Waals surface area contributed by atoms with Crippen LogP contribution in [0.4, 0.5) is 0 Å². The van der Waals surface area contributed by atoms with E-state index in [-0.39, 0.29) is 11.0 Å². The highest BCUT2D eigenvalue weighted by Crippen LogP contribution is 2.30. The molecule has 9 heteroatoms. The number of ether oxygens (including phenoxy) is 2. The summed E-state index contributed by atoms with van der Waals surface area (Å²) in [6.07, 6.45) is -0.447. The highest BCUT2D eigenvalue weighted by molar-refractivity contribution is 7.89. The van der Waals surface area contributed by atoms with Gasteiger partial charge in [-0.2, -0.15) is 0 Å². The van der Waals surface area contributed by atoms with Crippen LogP contribution in [0.2, 0.25) is 0 Å². The maximum absolute atomic E-state index is 12.5. The van der Waals surface area contributed by atoms with Crippen molar-refractivity contribution in [2.24, 2.45) is 5.11 Å². The summed E-state index contributed by atoms with van der Waals surface area (Å²) in [5.41, 5.74) is 9.64. The molecule has 118 valence electrons. The third-order valence-electron chi connectivity index (χ3n) is 3.81. The normalized spacial score (nSPS) is 30.8. The van der Waals surface area contributed by atoms with Crippen molar-refractivity contribution in [1.29, 1.82) is 0 Å². The third kappa shape index (κ3) is 2.94. The Morgan fingerprint density at radius 3 is 2.77 bits per heavy atom. The molecule has 2 aliphatic heterocycles. The van der Waals surface area contributed by atoms with Gasteiger partial charge in [0.2, 0.25) is 10.0 Å². The van der Waals surface area contributed by atoms with Crippen molar-refractivity contribution in [3.05, 3.63) is 40.3 Å². The lowest BCUT2D eigenvalue weighted by Gasteiger charge is -2.32. The summed E-state index contributed by atoms with van der Waals surface area (Å²) in [4.78, 5) is 2.95. The molecule has 22 heavy (non-hydrogen) atoms. The second-order valence-corrected chi connectivity index (χ2v) is 7.14. The Balaban J connectivity index is 1.85. The number of azide groups is 1. The van der Waals surface area contributed by atoms with Crippen molar-refractivity contribution in [1.82, 2.24) is 4.72 Å². The van der Waals surface area contributed by atoms with Crippen molar-refractivity contribution in [2.45, 2.75) is 42.7 Å². The number of fused-ring (bicyclic) bond motifs is 2. The van der Waals surface area contributed by atoms with Gasteiger partial charge in [0.05, 0.1) is 29.7 Å². The first-order valence-corrected chi connectivity index (χ1v) is 8.38. The first kappa shape index (κ1) is 15.3. The minimum Gasteiger partial charge on any atom is -0.348 e. The predicted molar refractivity (Wildman–Crippen MR) is 77.5 cm³/mol. The molecule has 0 spiro atoms. The van der Waals surface area contributed by atoms with Crippen molar-refractivity contribution in [2.75, 3.05) is 6.61 Å². The van der Waals surface area contributed by atoms with Gasteiger partial charge < -0.3 is 9.47 Å². The quantitative estimate of drug-likeness (QED) is 0.513. The molecule has 0 aromatic heterocycles. The molecule has 1 aromatic rings. The van der Waals surface area contributed by atoms with Gasteiger partial charge in [0.1, 0.15) is 0 Å². The number of aryl methyl sites for hydroxylation is 1. The molecular weight excluding hydrogens is 308 g/mol.